The fourth-order valence-electron chi connectivity index (χ4n) is 3.35. The quantitative estimate of drug-likeness (QED) is 0.740. The van der Waals surface area contributed by atoms with Crippen molar-refractivity contribution in [2.75, 3.05) is 11.4 Å². The zero-order valence-electron chi connectivity index (χ0n) is 13.4. The summed E-state index contributed by atoms with van der Waals surface area (Å²) in [5.41, 5.74) is 0.395. The number of phenols is 1. The molecule has 2 heterocycles. The smallest absolute Gasteiger partial charge is 0.268 e. The van der Waals surface area contributed by atoms with E-state index >= 15 is 0 Å². The van der Waals surface area contributed by atoms with Crippen molar-refractivity contribution in [1.82, 2.24) is 4.98 Å². The third kappa shape index (κ3) is 2.66. The second-order valence-corrected chi connectivity index (χ2v) is 7.62. The van der Waals surface area contributed by atoms with E-state index in [1.54, 1.807) is 6.07 Å². The third-order valence-electron chi connectivity index (χ3n) is 4.67. The second kappa shape index (κ2) is 6.30. The summed E-state index contributed by atoms with van der Waals surface area (Å²) in [6.07, 6.45) is 2.09. The number of phenolic OH excluding ortho intramolecular Hbond substituents is 1. The first kappa shape index (κ1) is 17.1. The molecule has 1 aromatic carbocycles. The average molecular weight is 411 g/mol. The summed E-state index contributed by atoms with van der Waals surface area (Å²) in [4.78, 5) is 17.1. The number of nitrogens with zero attached hydrogens (tertiary/aromatic N) is 2. The van der Waals surface area contributed by atoms with Crippen LogP contribution in [0.4, 0.5) is 5.69 Å². The Labute approximate surface area is 153 Å². The van der Waals surface area contributed by atoms with Crippen LogP contribution in [0, 0.1) is 17.2 Å². The summed E-state index contributed by atoms with van der Waals surface area (Å²) >= 11 is 9.42. The fraction of sp³-hybridized carbons (Fsp3) is 0.412. The molecular weight excluding hydrogens is 394 g/mol. The first-order valence-electron chi connectivity index (χ1n) is 7.78. The van der Waals surface area contributed by atoms with Gasteiger partial charge in [-0.1, -0.05) is 18.5 Å². The molecule has 2 N–H and O–H groups in total. The van der Waals surface area contributed by atoms with Gasteiger partial charge in [0.05, 0.1) is 20.7 Å². The Morgan fingerprint density at radius 1 is 1.46 bits per heavy atom. The van der Waals surface area contributed by atoms with Gasteiger partial charge in [-0.25, -0.2) is 0 Å². The molecule has 0 radical (unpaired) electrons. The highest BCUT2D eigenvalue weighted by Gasteiger charge is 2.29. The lowest BCUT2D eigenvalue weighted by atomic mass is 9.93. The molecule has 0 unspecified atom stereocenters. The number of aromatic nitrogens is 1. The van der Waals surface area contributed by atoms with E-state index in [9.17, 15) is 15.2 Å². The number of hydrogen-bond acceptors (Lipinski definition) is 4. The van der Waals surface area contributed by atoms with Crippen LogP contribution in [0.25, 0.3) is 10.9 Å². The maximum absolute atomic E-state index is 12.4. The molecule has 0 bridgehead atoms. The van der Waals surface area contributed by atoms with Gasteiger partial charge in [-0.15, -0.1) is 0 Å². The molecule has 1 aliphatic heterocycles. The summed E-state index contributed by atoms with van der Waals surface area (Å²) in [6, 6.07) is 3.90. The molecule has 24 heavy (non-hydrogen) atoms. The fourth-order valence-corrected chi connectivity index (χ4v) is 3.86. The van der Waals surface area contributed by atoms with Crippen molar-refractivity contribution in [2.24, 2.45) is 5.92 Å². The lowest BCUT2D eigenvalue weighted by Crippen LogP contribution is -2.42. The van der Waals surface area contributed by atoms with E-state index in [1.165, 1.54) is 0 Å². The highest BCUT2D eigenvalue weighted by Crippen LogP contribution is 2.42. The number of nitriles is 1. The topological polar surface area (TPSA) is 80.1 Å². The van der Waals surface area contributed by atoms with Crippen molar-refractivity contribution >= 4 is 44.1 Å². The molecule has 1 saturated heterocycles. The zero-order chi connectivity index (χ0) is 17.6. The van der Waals surface area contributed by atoms with E-state index in [2.05, 4.69) is 39.7 Å². The van der Waals surface area contributed by atoms with Gasteiger partial charge in [-0.2, -0.15) is 5.26 Å². The highest BCUT2D eigenvalue weighted by atomic mass is 79.9. The number of rotatable bonds is 1. The van der Waals surface area contributed by atoms with Gasteiger partial charge in [0.1, 0.15) is 11.6 Å². The van der Waals surface area contributed by atoms with Crippen LogP contribution < -0.4 is 10.5 Å². The highest BCUT2D eigenvalue weighted by molar-refractivity contribution is 9.10. The molecule has 0 aliphatic carbocycles. The van der Waals surface area contributed by atoms with Gasteiger partial charge in [0.15, 0.2) is 5.75 Å². The molecule has 7 heteroatoms. The molecular formula is C17H17BrClN3O2. The molecule has 5 nitrogen and oxygen atoms in total. The number of hydrogen-bond donors (Lipinski definition) is 2. The van der Waals surface area contributed by atoms with Gasteiger partial charge in [0.25, 0.3) is 5.56 Å². The summed E-state index contributed by atoms with van der Waals surface area (Å²) in [7, 11) is 0. The lowest BCUT2D eigenvalue weighted by Gasteiger charge is -2.39. The Hall–Kier alpha value is -1.71. The van der Waals surface area contributed by atoms with E-state index in [0.29, 0.717) is 26.5 Å². The monoisotopic (exact) mass is 409 g/mol. The zero-order valence-corrected chi connectivity index (χ0v) is 15.7. The molecule has 1 aliphatic rings. The van der Waals surface area contributed by atoms with E-state index in [1.807, 2.05) is 6.07 Å². The van der Waals surface area contributed by atoms with Crippen LogP contribution in [-0.4, -0.2) is 22.7 Å². The van der Waals surface area contributed by atoms with Gasteiger partial charge in [-0.3, -0.25) is 4.79 Å². The summed E-state index contributed by atoms with van der Waals surface area (Å²) < 4.78 is 0.322. The van der Waals surface area contributed by atoms with E-state index in [0.717, 1.165) is 19.4 Å². The Morgan fingerprint density at radius 3 is 2.83 bits per heavy atom. The number of anilines is 1. The number of halogens is 2. The van der Waals surface area contributed by atoms with Crippen LogP contribution >= 0.6 is 27.5 Å². The Morgan fingerprint density at radius 2 is 2.17 bits per heavy atom. The summed E-state index contributed by atoms with van der Waals surface area (Å²) in [5.74, 6) is 0.333. The molecule has 2 atom stereocenters. The van der Waals surface area contributed by atoms with E-state index in [4.69, 9.17) is 11.6 Å². The van der Waals surface area contributed by atoms with Crippen molar-refractivity contribution < 1.29 is 5.11 Å². The third-order valence-corrected chi connectivity index (χ3v) is 6.00. The minimum absolute atomic E-state index is 0.0567. The van der Waals surface area contributed by atoms with E-state index < -0.39 is 5.56 Å². The number of pyridine rings is 1. The molecule has 126 valence electrons. The van der Waals surface area contributed by atoms with Crippen molar-refractivity contribution in [3.63, 3.8) is 0 Å². The van der Waals surface area contributed by atoms with Gasteiger partial charge in [-0.05, 0) is 47.7 Å². The van der Waals surface area contributed by atoms with Gasteiger partial charge in [0, 0.05) is 18.0 Å². The molecule has 3 rings (SSSR count). The maximum Gasteiger partial charge on any atom is 0.268 e. The van der Waals surface area contributed by atoms with Crippen LogP contribution in [0.2, 0.25) is 5.02 Å². The van der Waals surface area contributed by atoms with Crippen LogP contribution in [0.15, 0.2) is 15.3 Å². The maximum atomic E-state index is 12.4. The largest absolute Gasteiger partial charge is 0.505 e. The van der Waals surface area contributed by atoms with Crippen LogP contribution in [0.5, 0.6) is 5.75 Å². The minimum atomic E-state index is -0.505. The number of fused-ring (bicyclic) bond motifs is 1. The minimum Gasteiger partial charge on any atom is -0.505 e. The SMILES string of the molecule is C[C@H]1CC[C@H](C)N(c2c(C#N)c(=O)[nH]c3c(O)c(Br)c(Cl)cc23)C1. The van der Waals surface area contributed by atoms with Gasteiger partial charge >= 0.3 is 0 Å². The number of H-pyrrole nitrogens is 1. The van der Waals surface area contributed by atoms with Crippen molar-refractivity contribution in [3.8, 4) is 11.8 Å². The van der Waals surface area contributed by atoms with Gasteiger partial charge < -0.3 is 15.0 Å². The van der Waals surface area contributed by atoms with Gasteiger partial charge in [0.2, 0.25) is 0 Å². The Kier molecular flexibility index (Phi) is 4.50. The summed E-state index contributed by atoms with van der Waals surface area (Å²) in [5, 5.41) is 20.8. The number of nitrogens with one attached hydrogen (secondary N) is 1. The van der Waals surface area contributed by atoms with Crippen molar-refractivity contribution in [3.05, 3.63) is 31.5 Å². The molecule has 0 spiro atoms. The van der Waals surface area contributed by atoms with E-state index in [-0.39, 0.29) is 22.9 Å². The second-order valence-electron chi connectivity index (χ2n) is 6.42. The normalized spacial score (nSPS) is 21.0. The van der Waals surface area contributed by atoms with Crippen LogP contribution in [0.3, 0.4) is 0 Å². The molecule has 2 aromatic rings. The Bertz CT molecular complexity index is 919. The summed E-state index contributed by atoms with van der Waals surface area (Å²) in [6.45, 7) is 4.99. The average Bonchev–Trinajstić information content (AvgIpc) is 2.55. The lowest BCUT2D eigenvalue weighted by molar-refractivity contribution is 0.391. The Balaban J connectivity index is 2.40. The predicted molar refractivity (Wildman–Crippen MR) is 98.9 cm³/mol. The number of benzene rings is 1. The first-order chi connectivity index (χ1) is 11.3. The molecule has 0 saturated carbocycles. The molecule has 0 amide bonds. The first-order valence-corrected chi connectivity index (χ1v) is 8.96. The number of piperidine rings is 1. The molecule has 1 aromatic heterocycles. The van der Waals surface area contributed by atoms with Crippen LogP contribution in [-0.2, 0) is 0 Å². The standard InChI is InChI=1S/C17H17BrClN3O2/c1-8-3-4-9(2)22(7-8)15-10-5-12(19)13(18)16(23)14(10)21-17(24)11(15)6-20/h5,8-9,23H,3-4,7H2,1-2H3,(H,21,24)/t8-,9-/m0/s1. The number of aromatic amines is 1. The van der Waals surface area contributed by atoms with Crippen LogP contribution in [0.1, 0.15) is 32.3 Å². The molecule has 1 fully saturated rings. The van der Waals surface area contributed by atoms with Crippen molar-refractivity contribution in [2.45, 2.75) is 32.7 Å². The number of aromatic hydroxyl groups is 1. The predicted octanol–water partition coefficient (Wildman–Crippen LogP) is 4.15. The van der Waals surface area contributed by atoms with Crippen molar-refractivity contribution in [1.29, 1.82) is 5.26 Å².